The number of hydrogen-bond acceptors (Lipinski definition) is 3. The quantitative estimate of drug-likeness (QED) is 0.560. The van der Waals surface area contributed by atoms with Crippen LogP contribution in [-0.2, 0) is 0 Å². The van der Waals surface area contributed by atoms with E-state index in [0.29, 0.717) is 12.0 Å². The second-order valence-corrected chi connectivity index (χ2v) is 6.23. The Morgan fingerprint density at radius 2 is 2.11 bits per heavy atom. The van der Waals surface area contributed by atoms with Gasteiger partial charge in [0.05, 0.1) is 22.4 Å². The van der Waals surface area contributed by atoms with Crippen LogP contribution < -0.4 is 11.3 Å². The molecule has 0 saturated carbocycles. The third kappa shape index (κ3) is 4.04. The summed E-state index contributed by atoms with van der Waals surface area (Å²) in [6, 6.07) is 0.483. The molecule has 1 heterocycles. The van der Waals surface area contributed by atoms with Gasteiger partial charge in [-0.25, -0.2) is 0 Å². The van der Waals surface area contributed by atoms with Crippen molar-refractivity contribution in [3.63, 3.8) is 0 Å². The van der Waals surface area contributed by atoms with Gasteiger partial charge in [-0.3, -0.25) is 16.0 Å². The SMILES string of the molecule is CCCCC(CC)C(NN)c1c(Br)cnn1C(C)C. The average molecular weight is 331 g/mol. The minimum Gasteiger partial charge on any atom is -0.271 e. The van der Waals surface area contributed by atoms with Crippen LogP contribution in [0.4, 0.5) is 0 Å². The molecular formula is C14H27BrN4. The highest BCUT2D eigenvalue weighted by molar-refractivity contribution is 9.10. The van der Waals surface area contributed by atoms with Crippen molar-refractivity contribution in [2.75, 3.05) is 0 Å². The third-order valence-electron chi connectivity index (χ3n) is 3.67. The van der Waals surface area contributed by atoms with Crippen LogP contribution in [-0.4, -0.2) is 9.78 Å². The van der Waals surface area contributed by atoms with Crippen LogP contribution in [0.25, 0.3) is 0 Å². The third-order valence-corrected chi connectivity index (χ3v) is 4.29. The van der Waals surface area contributed by atoms with Crippen LogP contribution in [0.3, 0.4) is 0 Å². The highest BCUT2D eigenvalue weighted by Crippen LogP contribution is 2.34. The zero-order valence-corrected chi connectivity index (χ0v) is 14.1. The van der Waals surface area contributed by atoms with Crippen molar-refractivity contribution < 1.29 is 0 Å². The van der Waals surface area contributed by atoms with Crippen molar-refractivity contribution >= 4 is 15.9 Å². The number of unbranched alkanes of at least 4 members (excludes halogenated alkanes) is 1. The van der Waals surface area contributed by atoms with Gasteiger partial charge in [0, 0.05) is 6.04 Å². The lowest BCUT2D eigenvalue weighted by molar-refractivity contribution is 0.304. The number of aromatic nitrogens is 2. The molecule has 2 unspecified atom stereocenters. The summed E-state index contributed by atoms with van der Waals surface area (Å²) in [7, 11) is 0. The summed E-state index contributed by atoms with van der Waals surface area (Å²) in [5.74, 6) is 6.38. The molecule has 5 heteroatoms. The molecular weight excluding hydrogens is 304 g/mol. The van der Waals surface area contributed by atoms with Gasteiger partial charge in [-0.05, 0) is 42.1 Å². The number of rotatable bonds is 8. The molecule has 0 saturated heterocycles. The summed E-state index contributed by atoms with van der Waals surface area (Å²) in [6.45, 7) is 8.74. The molecule has 0 aliphatic heterocycles. The van der Waals surface area contributed by atoms with E-state index < -0.39 is 0 Å². The summed E-state index contributed by atoms with van der Waals surface area (Å²) in [5.41, 5.74) is 4.18. The van der Waals surface area contributed by atoms with Crippen molar-refractivity contribution in [3.8, 4) is 0 Å². The van der Waals surface area contributed by atoms with Crippen molar-refractivity contribution in [3.05, 3.63) is 16.4 Å². The van der Waals surface area contributed by atoms with E-state index >= 15 is 0 Å². The van der Waals surface area contributed by atoms with Gasteiger partial charge >= 0.3 is 0 Å². The lowest BCUT2D eigenvalue weighted by Gasteiger charge is -2.27. The molecule has 0 bridgehead atoms. The monoisotopic (exact) mass is 330 g/mol. The van der Waals surface area contributed by atoms with Crippen LogP contribution >= 0.6 is 15.9 Å². The van der Waals surface area contributed by atoms with Crippen molar-refractivity contribution in [2.24, 2.45) is 11.8 Å². The van der Waals surface area contributed by atoms with E-state index in [2.05, 4.69) is 58.8 Å². The lowest BCUT2D eigenvalue weighted by atomic mass is 9.89. The number of nitrogens with zero attached hydrogens (tertiary/aromatic N) is 2. The minimum atomic E-state index is 0.149. The fourth-order valence-corrected chi connectivity index (χ4v) is 3.08. The molecule has 4 nitrogen and oxygen atoms in total. The van der Waals surface area contributed by atoms with E-state index in [1.807, 2.05) is 6.20 Å². The van der Waals surface area contributed by atoms with Gasteiger partial charge in [-0.15, -0.1) is 0 Å². The minimum absolute atomic E-state index is 0.149. The first-order chi connectivity index (χ1) is 9.06. The first-order valence-electron chi connectivity index (χ1n) is 7.25. The van der Waals surface area contributed by atoms with Gasteiger partial charge < -0.3 is 0 Å². The van der Waals surface area contributed by atoms with E-state index in [9.17, 15) is 0 Å². The molecule has 1 aromatic rings. The molecule has 19 heavy (non-hydrogen) atoms. The van der Waals surface area contributed by atoms with E-state index in [4.69, 9.17) is 5.84 Å². The predicted octanol–water partition coefficient (Wildman–Crippen LogP) is 3.95. The van der Waals surface area contributed by atoms with E-state index in [-0.39, 0.29) is 6.04 Å². The maximum Gasteiger partial charge on any atom is 0.0715 e. The largest absolute Gasteiger partial charge is 0.271 e. The first kappa shape index (κ1) is 16.7. The smallest absolute Gasteiger partial charge is 0.0715 e. The lowest BCUT2D eigenvalue weighted by Crippen LogP contribution is -2.35. The summed E-state index contributed by atoms with van der Waals surface area (Å²) >= 11 is 3.61. The van der Waals surface area contributed by atoms with Gasteiger partial charge in [0.15, 0.2) is 0 Å². The van der Waals surface area contributed by atoms with E-state index in [1.165, 1.54) is 25.0 Å². The van der Waals surface area contributed by atoms with Gasteiger partial charge in [-0.1, -0.05) is 33.1 Å². The molecule has 0 fully saturated rings. The molecule has 0 aliphatic carbocycles. The van der Waals surface area contributed by atoms with Crippen molar-refractivity contribution in [2.45, 2.75) is 65.5 Å². The van der Waals surface area contributed by atoms with Crippen LogP contribution in [0.2, 0.25) is 0 Å². The topological polar surface area (TPSA) is 55.9 Å². The Balaban J connectivity index is 3.03. The molecule has 0 amide bonds. The molecule has 0 aromatic carbocycles. The highest BCUT2D eigenvalue weighted by atomic mass is 79.9. The Bertz CT molecular complexity index is 376. The van der Waals surface area contributed by atoms with Gasteiger partial charge in [-0.2, -0.15) is 5.10 Å². The summed E-state index contributed by atoms with van der Waals surface area (Å²) in [4.78, 5) is 0. The second-order valence-electron chi connectivity index (χ2n) is 5.37. The van der Waals surface area contributed by atoms with Crippen molar-refractivity contribution in [1.29, 1.82) is 0 Å². The zero-order chi connectivity index (χ0) is 14.4. The molecule has 2 atom stereocenters. The summed E-state index contributed by atoms with van der Waals surface area (Å²) in [6.07, 6.45) is 6.64. The molecule has 1 aromatic heterocycles. The Kier molecular flexibility index (Phi) is 7.04. The molecule has 110 valence electrons. The van der Waals surface area contributed by atoms with Crippen molar-refractivity contribution in [1.82, 2.24) is 15.2 Å². The number of halogens is 1. The van der Waals surface area contributed by atoms with E-state index in [1.54, 1.807) is 0 Å². The van der Waals surface area contributed by atoms with Gasteiger partial charge in [0.1, 0.15) is 0 Å². The maximum absolute atomic E-state index is 5.84. The Hall–Kier alpha value is -0.390. The van der Waals surface area contributed by atoms with Crippen LogP contribution in [0.15, 0.2) is 10.7 Å². The Morgan fingerprint density at radius 3 is 2.58 bits per heavy atom. The normalized spacial score (nSPS) is 14.9. The van der Waals surface area contributed by atoms with Gasteiger partial charge in [0.2, 0.25) is 0 Å². The van der Waals surface area contributed by atoms with Gasteiger partial charge in [0.25, 0.3) is 0 Å². The number of nitrogens with two attached hydrogens (primary N) is 1. The summed E-state index contributed by atoms with van der Waals surface area (Å²) < 4.78 is 3.10. The predicted molar refractivity (Wildman–Crippen MR) is 83.7 cm³/mol. The van der Waals surface area contributed by atoms with Crippen LogP contribution in [0, 0.1) is 5.92 Å². The highest BCUT2D eigenvalue weighted by Gasteiger charge is 2.26. The van der Waals surface area contributed by atoms with Crippen LogP contribution in [0.5, 0.6) is 0 Å². The maximum atomic E-state index is 5.84. The molecule has 0 aliphatic rings. The fraction of sp³-hybridized carbons (Fsp3) is 0.786. The number of nitrogens with one attached hydrogen (secondary N) is 1. The standard InChI is InChI=1S/C14H27BrN4/c1-5-7-8-11(6-2)13(18-16)14-12(15)9-17-19(14)10(3)4/h9-11,13,18H,5-8,16H2,1-4H3. The first-order valence-corrected chi connectivity index (χ1v) is 8.05. The number of hydrazine groups is 1. The Labute approximate surface area is 125 Å². The second kappa shape index (κ2) is 8.02. The molecule has 0 spiro atoms. The fourth-order valence-electron chi connectivity index (χ4n) is 2.56. The molecule has 0 radical (unpaired) electrons. The average Bonchev–Trinajstić information content (AvgIpc) is 2.76. The zero-order valence-electron chi connectivity index (χ0n) is 12.5. The molecule has 1 rings (SSSR count). The number of hydrogen-bond donors (Lipinski definition) is 2. The van der Waals surface area contributed by atoms with E-state index in [0.717, 1.165) is 10.9 Å². The molecule has 3 N–H and O–H groups in total. The Morgan fingerprint density at radius 1 is 1.42 bits per heavy atom. The van der Waals surface area contributed by atoms with Crippen LogP contribution in [0.1, 0.15) is 71.2 Å². The summed E-state index contributed by atoms with van der Waals surface area (Å²) in [5, 5.41) is 4.46.